The van der Waals surface area contributed by atoms with Crippen LogP contribution >= 0.6 is 11.8 Å². The van der Waals surface area contributed by atoms with E-state index in [4.69, 9.17) is 0 Å². The highest BCUT2D eigenvalue weighted by molar-refractivity contribution is 7.99. The molecule has 0 spiro atoms. The van der Waals surface area contributed by atoms with Crippen LogP contribution in [0.5, 0.6) is 0 Å². The Morgan fingerprint density at radius 3 is 2.75 bits per heavy atom. The van der Waals surface area contributed by atoms with Gasteiger partial charge in [-0.05, 0) is 37.1 Å². The smallest absolute Gasteiger partial charge is 0.288 e. The molecule has 24 heavy (non-hydrogen) atoms. The molecule has 1 amide bonds. The average Bonchev–Trinajstić information content (AvgIpc) is 2.79. The van der Waals surface area contributed by atoms with Crippen molar-refractivity contribution >= 4 is 17.7 Å². The first-order valence-electron chi connectivity index (χ1n) is 7.87. The monoisotopic (exact) mass is 352 g/mol. The van der Waals surface area contributed by atoms with Crippen LogP contribution in [0.4, 0.5) is 8.78 Å². The van der Waals surface area contributed by atoms with Gasteiger partial charge in [-0.3, -0.25) is 4.79 Å². The fourth-order valence-electron chi connectivity index (χ4n) is 2.73. The minimum Gasteiger partial charge on any atom is -0.345 e. The summed E-state index contributed by atoms with van der Waals surface area (Å²) in [6, 6.07) is 6.14. The van der Waals surface area contributed by atoms with Crippen molar-refractivity contribution in [1.29, 1.82) is 0 Å². The molecule has 1 N–H and O–H groups in total. The second-order valence-corrected chi connectivity index (χ2v) is 6.64. The lowest BCUT2D eigenvalue weighted by atomic mass is 10.2. The van der Waals surface area contributed by atoms with E-state index >= 15 is 0 Å². The van der Waals surface area contributed by atoms with Gasteiger partial charge in [0.25, 0.3) is 11.7 Å². The number of halogens is 2. The van der Waals surface area contributed by atoms with Gasteiger partial charge in [0.05, 0.1) is 6.54 Å². The highest BCUT2D eigenvalue weighted by atomic mass is 32.2. The molecule has 0 saturated carbocycles. The summed E-state index contributed by atoms with van der Waals surface area (Å²) in [7, 11) is 0. The number of alkyl halides is 2. The van der Waals surface area contributed by atoms with Gasteiger partial charge >= 0.3 is 0 Å². The average molecular weight is 352 g/mol. The van der Waals surface area contributed by atoms with Crippen molar-refractivity contribution in [3.63, 3.8) is 0 Å². The molecule has 8 heteroatoms. The molecule has 0 atom stereocenters. The van der Waals surface area contributed by atoms with Crippen LogP contribution in [0.2, 0.25) is 0 Å². The lowest BCUT2D eigenvalue weighted by Crippen LogP contribution is -2.25. The number of hydrogen-bond donors (Lipinski definition) is 1. The Morgan fingerprint density at radius 2 is 2.00 bits per heavy atom. The molecule has 0 saturated heterocycles. The Balaban J connectivity index is 1.60. The number of thioether (sulfide) groups is 1. The van der Waals surface area contributed by atoms with Crippen molar-refractivity contribution < 1.29 is 13.6 Å². The Hall–Kier alpha value is -1.96. The molecule has 1 aromatic carbocycles. The Bertz CT molecular complexity index is 703. The van der Waals surface area contributed by atoms with E-state index in [0.29, 0.717) is 28.8 Å². The number of hydrogen-bond acceptors (Lipinski definition) is 4. The third-order valence-electron chi connectivity index (χ3n) is 3.93. The summed E-state index contributed by atoms with van der Waals surface area (Å²) in [6.45, 7) is 1.19. The molecule has 128 valence electrons. The lowest BCUT2D eigenvalue weighted by molar-refractivity contribution is 0.0949. The summed E-state index contributed by atoms with van der Waals surface area (Å²) in [6.07, 6.45) is 4.31. The lowest BCUT2D eigenvalue weighted by Gasteiger charge is -2.08. The summed E-state index contributed by atoms with van der Waals surface area (Å²) < 4.78 is 26.7. The number of fused-ring (bicyclic) bond motifs is 1. The number of nitrogens with zero attached hydrogens (tertiary/aromatic N) is 3. The zero-order valence-electron chi connectivity index (χ0n) is 13.0. The molecule has 0 aliphatic carbocycles. The predicted molar refractivity (Wildman–Crippen MR) is 87.1 cm³/mol. The number of carbonyl (C=O) groups excluding carboxylic acids is 1. The first kappa shape index (κ1) is 16.9. The van der Waals surface area contributed by atoms with Crippen LogP contribution < -0.4 is 5.32 Å². The van der Waals surface area contributed by atoms with Gasteiger partial charge in [-0.1, -0.05) is 18.2 Å². The van der Waals surface area contributed by atoms with Gasteiger partial charge in [0, 0.05) is 23.4 Å². The summed E-state index contributed by atoms with van der Waals surface area (Å²) in [4.78, 5) is 12.6. The quantitative estimate of drug-likeness (QED) is 0.839. The van der Waals surface area contributed by atoms with Gasteiger partial charge in [-0.25, -0.2) is 0 Å². The van der Waals surface area contributed by atoms with Crippen molar-refractivity contribution in [2.45, 2.75) is 49.4 Å². The fourth-order valence-corrected chi connectivity index (χ4v) is 3.22. The normalized spacial score (nSPS) is 14.3. The third kappa shape index (κ3) is 4.11. The van der Waals surface area contributed by atoms with E-state index in [0.717, 1.165) is 37.5 Å². The number of amides is 1. The number of aromatic nitrogens is 3. The molecule has 2 aromatic rings. The molecular formula is C16H18F2N4OS. The van der Waals surface area contributed by atoms with Gasteiger partial charge in [0.1, 0.15) is 5.82 Å². The van der Waals surface area contributed by atoms with Crippen LogP contribution in [-0.4, -0.2) is 26.4 Å². The van der Waals surface area contributed by atoms with Gasteiger partial charge in [-0.2, -0.15) is 8.78 Å². The zero-order valence-corrected chi connectivity index (χ0v) is 13.9. The second-order valence-electron chi connectivity index (χ2n) is 5.58. The Labute approximate surface area is 142 Å². The van der Waals surface area contributed by atoms with Crippen LogP contribution in [0.3, 0.4) is 0 Å². The van der Waals surface area contributed by atoms with Crippen LogP contribution in [0.15, 0.2) is 29.2 Å². The molecule has 3 rings (SSSR count). The molecule has 0 unspecified atom stereocenters. The van der Waals surface area contributed by atoms with Crippen molar-refractivity contribution in [1.82, 2.24) is 20.1 Å². The number of rotatable bonds is 5. The highest BCUT2D eigenvalue weighted by Gasteiger charge is 2.15. The van der Waals surface area contributed by atoms with E-state index in [9.17, 15) is 13.6 Å². The number of benzene rings is 1. The van der Waals surface area contributed by atoms with Crippen LogP contribution in [0.1, 0.15) is 41.3 Å². The third-order valence-corrected chi connectivity index (χ3v) is 4.66. The molecular weight excluding hydrogens is 334 g/mol. The summed E-state index contributed by atoms with van der Waals surface area (Å²) in [5.41, 5.74) is 0.434. The number of carbonyl (C=O) groups is 1. The first-order chi connectivity index (χ1) is 11.6. The number of nitrogens with one attached hydrogen (secondary N) is 1. The predicted octanol–water partition coefficient (Wildman–Crippen LogP) is 3.25. The maximum absolute atomic E-state index is 12.3. The highest BCUT2D eigenvalue weighted by Crippen LogP contribution is 2.25. The standard InChI is InChI=1S/C16H18F2N4OS/c17-16(18)24-12-7-5-11(6-8-12)15(23)19-10-14-21-20-13-4-2-1-3-9-22(13)14/h5-8,16H,1-4,9-10H2,(H,19,23). The van der Waals surface area contributed by atoms with E-state index in [1.54, 1.807) is 12.1 Å². The molecule has 1 aliphatic rings. The van der Waals surface area contributed by atoms with Crippen LogP contribution in [-0.2, 0) is 19.5 Å². The largest absolute Gasteiger partial charge is 0.345 e. The molecule has 0 bridgehead atoms. The Morgan fingerprint density at radius 1 is 1.21 bits per heavy atom. The van der Waals surface area contributed by atoms with E-state index in [-0.39, 0.29) is 5.91 Å². The molecule has 2 heterocycles. The van der Waals surface area contributed by atoms with Gasteiger partial charge in [0.15, 0.2) is 5.82 Å². The van der Waals surface area contributed by atoms with Crippen molar-refractivity contribution in [2.24, 2.45) is 0 Å². The van der Waals surface area contributed by atoms with Crippen molar-refractivity contribution in [3.8, 4) is 0 Å². The second kappa shape index (κ2) is 7.74. The fraction of sp³-hybridized carbons (Fsp3) is 0.438. The SMILES string of the molecule is O=C(NCc1nnc2n1CCCCC2)c1ccc(SC(F)F)cc1. The molecule has 0 radical (unpaired) electrons. The van der Waals surface area contributed by atoms with Crippen molar-refractivity contribution in [3.05, 3.63) is 41.5 Å². The minimum atomic E-state index is -2.46. The summed E-state index contributed by atoms with van der Waals surface area (Å²) in [5, 5.41) is 11.2. The van der Waals surface area contributed by atoms with Crippen molar-refractivity contribution in [2.75, 3.05) is 0 Å². The summed E-state index contributed by atoms with van der Waals surface area (Å²) in [5.74, 6) is -0.988. The molecule has 1 aromatic heterocycles. The van der Waals surface area contributed by atoms with Gasteiger partial charge in [-0.15, -0.1) is 10.2 Å². The van der Waals surface area contributed by atoms with Gasteiger partial charge in [0.2, 0.25) is 0 Å². The number of aryl methyl sites for hydroxylation is 1. The maximum Gasteiger partial charge on any atom is 0.288 e. The minimum absolute atomic E-state index is 0.255. The van der Waals surface area contributed by atoms with Crippen LogP contribution in [0, 0.1) is 0 Å². The molecule has 5 nitrogen and oxygen atoms in total. The van der Waals surface area contributed by atoms with E-state index in [2.05, 4.69) is 20.1 Å². The topological polar surface area (TPSA) is 59.8 Å². The van der Waals surface area contributed by atoms with E-state index < -0.39 is 5.76 Å². The van der Waals surface area contributed by atoms with E-state index in [1.165, 1.54) is 18.6 Å². The van der Waals surface area contributed by atoms with Gasteiger partial charge < -0.3 is 9.88 Å². The van der Waals surface area contributed by atoms with E-state index in [1.807, 2.05) is 0 Å². The Kier molecular flexibility index (Phi) is 5.44. The molecule has 1 aliphatic heterocycles. The first-order valence-corrected chi connectivity index (χ1v) is 8.75. The van der Waals surface area contributed by atoms with Crippen LogP contribution in [0.25, 0.3) is 0 Å². The molecule has 0 fully saturated rings. The summed E-state index contributed by atoms with van der Waals surface area (Å²) >= 11 is 0.461. The maximum atomic E-state index is 12.3. The zero-order chi connectivity index (χ0) is 16.9.